The van der Waals surface area contributed by atoms with Crippen LogP contribution in [0.4, 0.5) is 0 Å². The average molecular weight is 246 g/mol. The molecule has 0 aromatic heterocycles. The standard InChI is InChI=1S/C15H22N2O/c1-3-17(15(18)14-8-11(14)2)10-13-7-5-4-6-12(13)9-16/h4-7,11,14H,3,8-10,16H2,1-2H3. The third-order valence-electron chi connectivity index (χ3n) is 3.82. The number of carbonyl (C=O) groups excluding carboxylic acids is 1. The van der Waals surface area contributed by atoms with Crippen molar-refractivity contribution in [3.63, 3.8) is 0 Å². The van der Waals surface area contributed by atoms with Gasteiger partial charge in [-0.25, -0.2) is 0 Å². The van der Waals surface area contributed by atoms with Crippen LogP contribution in [-0.4, -0.2) is 17.4 Å². The first kappa shape index (κ1) is 13.1. The molecule has 18 heavy (non-hydrogen) atoms. The molecule has 0 aliphatic heterocycles. The van der Waals surface area contributed by atoms with Gasteiger partial charge in [0.1, 0.15) is 0 Å². The summed E-state index contributed by atoms with van der Waals surface area (Å²) in [5, 5.41) is 0. The highest BCUT2D eigenvalue weighted by Crippen LogP contribution is 2.39. The Kier molecular flexibility index (Phi) is 4.02. The number of hydrogen-bond donors (Lipinski definition) is 1. The summed E-state index contributed by atoms with van der Waals surface area (Å²) in [5.74, 6) is 1.13. The molecule has 1 amide bonds. The monoisotopic (exact) mass is 246 g/mol. The fourth-order valence-electron chi connectivity index (χ4n) is 2.36. The van der Waals surface area contributed by atoms with Crippen molar-refractivity contribution in [2.24, 2.45) is 17.6 Å². The predicted octanol–water partition coefficient (Wildman–Crippen LogP) is 2.15. The maximum absolute atomic E-state index is 12.2. The predicted molar refractivity (Wildman–Crippen MR) is 72.7 cm³/mol. The van der Waals surface area contributed by atoms with E-state index in [1.54, 1.807) is 0 Å². The molecule has 0 saturated heterocycles. The van der Waals surface area contributed by atoms with Gasteiger partial charge in [0.25, 0.3) is 0 Å². The van der Waals surface area contributed by atoms with Crippen molar-refractivity contribution in [2.75, 3.05) is 6.54 Å². The minimum absolute atomic E-state index is 0.259. The molecule has 1 aromatic carbocycles. The fraction of sp³-hybridized carbons (Fsp3) is 0.533. The molecule has 2 rings (SSSR count). The second-order valence-electron chi connectivity index (χ2n) is 5.14. The molecule has 1 fully saturated rings. The first-order valence-electron chi connectivity index (χ1n) is 6.73. The molecule has 0 spiro atoms. The van der Waals surface area contributed by atoms with Crippen LogP contribution < -0.4 is 5.73 Å². The Morgan fingerprint density at radius 1 is 1.39 bits per heavy atom. The number of benzene rings is 1. The Hall–Kier alpha value is -1.35. The van der Waals surface area contributed by atoms with Crippen LogP contribution in [0.1, 0.15) is 31.4 Å². The minimum Gasteiger partial charge on any atom is -0.338 e. The van der Waals surface area contributed by atoms with Gasteiger partial charge in [-0.2, -0.15) is 0 Å². The largest absolute Gasteiger partial charge is 0.338 e. The van der Waals surface area contributed by atoms with E-state index in [2.05, 4.69) is 13.0 Å². The van der Waals surface area contributed by atoms with Crippen LogP contribution in [0.3, 0.4) is 0 Å². The second-order valence-corrected chi connectivity index (χ2v) is 5.14. The van der Waals surface area contributed by atoms with Crippen LogP contribution in [0.25, 0.3) is 0 Å². The average Bonchev–Trinajstić information content (AvgIpc) is 3.12. The topological polar surface area (TPSA) is 46.3 Å². The van der Waals surface area contributed by atoms with Gasteiger partial charge in [0.15, 0.2) is 0 Å². The summed E-state index contributed by atoms with van der Waals surface area (Å²) in [6.45, 7) is 6.16. The van der Waals surface area contributed by atoms with E-state index in [0.29, 0.717) is 24.9 Å². The van der Waals surface area contributed by atoms with Gasteiger partial charge < -0.3 is 10.6 Å². The number of nitrogens with zero attached hydrogens (tertiary/aromatic N) is 1. The van der Waals surface area contributed by atoms with Crippen LogP contribution in [0, 0.1) is 11.8 Å². The van der Waals surface area contributed by atoms with Gasteiger partial charge in [-0.3, -0.25) is 4.79 Å². The van der Waals surface area contributed by atoms with Gasteiger partial charge in [0, 0.05) is 25.6 Å². The summed E-state index contributed by atoms with van der Waals surface area (Å²) in [6, 6.07) is 8.10. The van der Waals surface area contributed by atoms with E-state index in [4.69, 9.17) is 5.73 Å². The maximum Gasteiger partial charge on any atom is 0.226 e. The Bertz CT molecular complexity index is 430. The number of amides is 1. The van der Waals surface area contributed by atoms with Crippen LogP contribution in [0.15, 0.2) is 24.3 Å². The van der Waals surface area contributed by atoms with Crippen LogP contribution in [-0.2, 0) is 17.9 Å². The lowest BCUT2D eigenvalue weighted by molar-refractivity contribution is -0.133. The van der Waals surface area contributed by atoms with E-state index in [9.17, 15) is 4.79 Å². The second kappa shape index (κ2) is 5.53. The van der Waals surface area contributed by atoms with Crippen LogP contribution in [0.2, 0.25) is 0 Å². The highest BCUT2D eigenvalue weighted by molar-refractivity contribution is 5.81. The maximum atomic E-state index is 12.2. The van der Waals surface area contributed by atoms with Crippen molar-refractivity contribution >= 4 is 5.91 Å². The number of carbonyl (C=O) groups is 1. The molecular formula is C15H22N2O. The Morgan fingerprint density at radius 3 is 2.50 bits per heavy atom. The normalized spacial score (nSPS) is 21.7. The molecule has 3 heteroatoms. The summed E-state index contributed by atoms with van der Waals surface area (Å²) >= 11 is 0. The van der Waals surface area contributed by atoms with E-state index >= 15 is 0 Å². The van der Waals surface area contributed by atoms with Crippen molar-refractivity contribution in [2.45, 2.75) is 33.4 Å². The minimum atomic E-state index is 0.259. The number of nitrogens with two attached hydrogens (primary N) is 1. The Labute approximate surface area is 109 Å². The van der Waals surface area contributed by atoms with Gasteiger partial charge in [0.2, 0.25) is 5.91 Å². The zero-order valence-corrected chi connectivity index (χ0v) is 11.2. The molecule has 0 radical (unpaired) electrons. The van der Waals surface area contributed by atoms with Crippen LogP contribution >= 0.6 is 0 Å². The molecule has 1 aromatic rings. The van der Waals surface area contributed by atoms with E-state index in [0.717, 1.165) is 18.5 Å². The molecule has 2 N–H and O–H groups in total. The summed E-state index contributed by atoms with van der Waals surface area (Å²) in [7, 11) is 0. The first-order chi connectivity index (χ1) is 8.67. The molecular weight excluding hydrogens is 224 g/mol. The van der Waals surface area contributed by atoms with Gasteiger partial charge in [0.05, 0.1) is 0 Å². The smallest absolute Gasteiger partial charge is 0.226 e. The molecule has 2 atom stereocenters. The molecule has 2 unspecified atom stereocenters. The van der Waals surface area contributed by atoms with Crippen molar-refractivity contribution in [3.05, 3.63) is 35.4 Å². The molecule has 98 valence electrons. The molecule has 1 aliphatic rings. The zero-order valence-electron chi connectivity index (χ0n) is 11.2. The third-order valence-corrected chi connectivity index (χ3v) is 3.82. The molecule has 0 bridgehead atoms. The van der Waals surface area contributed by atoms with E-state index in [-0.39, 0.29) is 5.92 Å². The zero-order chi connectivity index (χ0) is 13.1. The lowest BCUT2D eigenvalue weighted by Gasteiger charge is -2.22. The van der Waals surface area contributed by atoms with E-state index in [1.807, 2.05) is 30.0 Å². The van der Waals surface area contributed by atoms with Crippen LogP contribution in [0.5, 0.6) is 0 Å². The number of rotatable bonds is 5. The Morgan fingerprint density at radius 2 is 2.00 bits per heavy atom. The van der Waals surface area contributed by atoms with Gasteiger partial charge in [-0.1, -0.05) is 31.2 Å². The summed E-state index contributed by atoms with van der Waals surface area (Å²) in [6.07, 6.45) is 1.05. The highest BCUT2D eigenvalue weighted by atomic mass is 16.2. The van der Waals surface area contributed by atoms with Gasteiger partial charge in [-0.15, -0.1) is 0 Å². The summed E-state index contributed by atoms with van der Waals surface area (Å²) in [4.78, 5) is 14.2. The SMILES string of the molecule is CCN(Cc1ccccc1CN)C(=O)C1CC1C. The molecule has 1 aliphatic carbocycles. The lowest BCUT2D eigenvalue weighted by Crippen LogP contribution is -2.32. The number of hydrogen-bond acceptors (Lipinski definition) is 2. The summed E-state index contributed by atoms with van der Waals surface area (Å²) < 4.78 is 0. The summed E-state index contributed by atoms with van der Waals surface area (Å²) in [5.41, 5.74) is 8.04. The first-order valence-corrected chi connectivity index (χ1v) is 6.73. The fourth-order valence-corrected chi connectivity index (χ4v) is 2.36. The van der Waals surface area contributed by atoms with Crippen molar-refractivity contribution in [1.29, 1.82) is 0 Å². The Balaban J connectivity index is 2.08. The van der Waals surface area contributed by atoms with Gasteiger partial charge in [-0.05, 0) is 30.4 Å². The van der Waals surface area contributed by atoms with E-state index < -0.39 is 0 Å². The highest BCUT2D eigenvalue weighted by Gasteiger charge is 2.41. The molecule has 0 heterocycles. The van der Waals surface area contributed by atoms with Gasteiger partial charge >= 0.3 is 0 Å². The van der Waals surface area contributed by atoms with Crippen molar-refractivity contribution in [3.8, 4) is 0 Å². The third kappa shape index (κ3) is 2.72. The molecule has 3 nitrogen and oxygen atoms in total. The van der Waals surface area contributed by atoms with Crippen molar-refractivity contribution in [1.82, 2.24) is 4.90 Å². The quantitative estimate of drug-likeness (QED) is 0.865. The molecule has 1 saturated carbocycles. The lowest BCUT2D eigenvalue weighted by atomic mass is 10.1. The van der Waals surface area contributed by atoms with E-state index in [1.165, 1.54) is 5.56 Å². The van der Waals surface area contributed by atoms with Crippen molar-refractivity contribution < 1.29 is 4.79 Å².